The lowest BCUT2D eigenvalue weighted by Gasteiger charge is -2.18. The Morgan fingerprint density at radius 3 is 1.96 bits per heavy atom. The van der Waals surface area contributed by atoms with Crippen LogP contribution in [0.15, 0.2) is 54.6 Å². The molecule has 0 atom stereocenters. The first-order chi connectivity index (χ1) is 10.8. The lowest BCUT2D eigenvalue weighted by Crippen LogP contribution is -2.11. The molecule has 0 aliphatic rings. The number of ketones is 1. The van der Waals surface area contributed by atoms with Crippen LogP contribution < -0.4 is 0 Å². The number of carbonyl (C=O) groups is 1. The van der Waals surface area contributed by atoms with Crippen LogP contribution in [-0.2, 0) is 5.41 Å². The van der Waals surface area contributed by atoms with Gasteiger partial charge in [-0.25, -0.2) is 0 Å². The Hall–Kier alpha value is -2.15. The minimum atomic E-state index is 0.0402. The van der Waals surface area contributed by atoms with Crippen molar-refractivity contribution in [2.45, 2.75) is 46.0 Å². The third-order valence-corrected chi connectivity index (χ3v) is 4.07. The van der Waals surface area contributed by atoms with Crippen LogP contribution >= 0.6 is 0 Å². The van der Waals surface area contributed by atoms with Gasteiger partial charge in [0.1, 0.15) is 0 Å². The summed E-state index contributed by atoms with van der Waals surface area (Å²) in [7, 11) is 0. The first kappa shape index (κ1) is 17.2. The molecule has 0 radical (unpaired) electrons. The predicted octanol–water partition coefficient (Wildman–Crippen LogP) is 6.00. The molecule has 0 aromatic heterocycles. The van der Waals surface area contributed by atoms with Crippen molar-refractivity contribution in [3.05, 3.63) is 76.9 Å². The zero-order chi connectivity index (χ0) is 17.0. The number of carbonyl (C=O) groups excluding carboxylic acids is 1. The summed E-state index contributed by atoms with van der Waals surface area (Å²) in [5.74, 6) is 0.564. The summed E-state index contributed by atoms with van der Waals surface area (Å²) in [5.41, 5.74) is 4.44. The van der Waals surface area contributed by atoms with Gasteiger partial charge in [0.2, 0.25) is 0 Å². The van der Waals surface area contributed by atoms with Crippen LogP contribution in [0.1, 0.15) is 67.6 Å². The molecular formula is C22H26O. The van der Waals surface area contributed by atoms with E-state index in [-0.39, 0.29) is 11.2 Å². The van der Waals surface area contributed by atoms with Gasteiger partial charge in [0.25, 0.3) is 0 Å². The van der Waals surface area contributed by atoms with Gasteiger partial charge in [-0.05, 0) is 34.1 Å². The molecule has 0 fully saturated rings. The molecular weight excluding hydrogens is 280 g/mol. The number of allylic oxidation sites excluding steroid dienone is 1. The number of rotatable bonds is 4. The fourth-order valence-electron chi connectivity index (χ4n) is 2.39. The molecule has 0 spiro atoms. The molecule has 0 saturated carbocycles. The van der Waals surface area contributed by atoms with E-state index in [2.05, 4.69) is 58.9 Å². The van der Waals surface area contributed by atoms with Gasteiger partial charge < -0.3 is 0 Å². The summed E-state index contributed by atoms with van der Waals surface area (Å²) in [6.45, 7) is 10.9. The molecule has 0 aliphatic carbocycles. The Morgan fingerprint density at radius 2 is 1.48 bits per heavy atom. The molecule has 1 nitrogen and oxygen atoms in total. The van der Waals surface area contributed by atoms with E-state index in [1.807, 2.05) is 30.3 Å². The summed E-state index contributed by atoms with van der Waals surface area (Å²) in [6.07, 6.45) is 3.53. The van der Waals surface area contributed by atoms with E-state index in [0.29, 0.717) is 5.92 Å². The normalized spacial score (nSPS) is 12.1. The van der Waals surface area contributed by atoms with E-state index in [9.17, 15) is 4.79 Å². The molecule has 0 saturated heterocycles. The minimum Gasteiger partial charge on any atom is -0.289 e. The fraction of sp³-hybridized carbons (Fsp3) is 0.318. The zero-order valence-corrected chi connectivity index (χ0v) is 14.8. The molecule has 0 aliphatic heterocycles. The number of hydrogen-bond acceptors (Lipinski definition) is 1. The van der Waals surface area contributed by atoms with Gasteiger partial charge in [-0.3, -0.25) is 4.79 Å². The third-order valence-electron chi connectivity index (χ3n) is 4.07. The van der Waals surface area contributed by atoms with E-state index in [1.165, 1.54) is 11.1 Å². The average molecular weight is 306 g/mol. The van der Waals surface area contributed by atoms with E-state index in [1.54, 1.807) is 6.08 Å². The summed E-state index contributed by atoms with van der Waals surface area (Å²) in [5, 5.41) is 0. The van der Waals surface area contributed by atoms with Gasteiger partial charge in [-0.1, -0.05) is 89.2 Å². The standard InChI is InChI=1S/C22H26O/c1-16(2)18-9-6-17(7-10-18)8-15-21(23)19-11-13-20(14-12-19)22(3,4)5/h6-16H,1-5H3/b15-8+. The Labute approximate surface area is 140 Å². The Bertz CT molecular complexity index is 680. The molecule has 0 amide bonds. The highest BCUT2D eigenvalue weighted by atomic mass is 16.1. The first-order valence-electron chi connectivity index (χ1n) is 8.20. The molecule has 0 bridgehead atoms. The summed E-state index contributed by atoms with van der Waals surface area (Å²) in [6, 6.07) is 16.3. The van der Waals surface area contributed by atoms with Gasteiger partial charge in [-0.2, -0.15) is 0 Å². The van der Waals surface area contributed by atoms with Crippen molar-refractivity contribution in [1.29, 1.82) is 0 Å². The number of hydrogen-bond donors (Lipinski definition) is 0. The Kier molecular flexibility index (Phi) is 5.20. The second-order valence-electron chi connectivity index (χ2n) is 7.35. The van der Waals surface area contributed by atoms with Crippen LogP contribution in [0.5, 0.6) is 0 Å². The Morgan fingerprint density at radius 1 is 0.913 bits per heavy atom. The highest BCUT2D eigenvalue weighted by Crippen LogP contribution is 2.22. The van der Waals surface area contributed by atoms with Gasteiger partial charge in [0.15, 0.2) is 5.78 Å². The summed E-state index contributed by atoms with van der Waals surface area (Å²) < 4.78 is 0. The quantitative estimate of drug-likeness (QED) is 0.500. The second kappa shape index (κ2) is 6.95. The Balaban J connectivity index is 2.09. The van der Waals surface area contributed by atoms with Crippen molar-refractivity contribution in [2.75, 3.05) is 0 Å². The van der Waals surface area contributed by atoms with Crippen molar-refractivity contribution < 1.29 is 4.79 Å². The number of benzene rings is 2. The van der Waals surface area contributed by atoms with Crippen molar-refractivity contribution in [2.24, 2.45) is 0 Å². The average Bonchev–Trinajstić information content (AvgIpc) is 2.52. The smallest absolute Gasteiger partial charge is 0.185 e. The highest BCUT2D eigenvalue weighted by Gasteiger charge is 2.13. The fourth-order valence-corrected chi connectivity index (χ4v) is 2.39. The van der Waals surface area contributed by atoms with Crippen LogP contribution in [0.4, 0.5) is 0 Å². The molecule has 2 rings (SSSR count). The first-order valence-corrected chi connectivity index (χ1v) is 8.20. The highest BCUT2D eigenvalue weighted by molar-refractivity contribution is 6.06. The monoisotopic (exact) mass is 306 g/mol. The summed E-state index contributed by atoms with van der Waals surface area (Å²) >= 11 is 0. The third kappa shape index (κ3) is 4.66. The van der Waals surface area contributed by atoms with Crippen LogP contribution in [0, 0.1) is 0 Å². The van der Waals surface area contributed by atoms with E-state index in [4.69, 9.17) is 0 Å². The maximum atomic E-state index is 12.3. The molecule has 23 heavy (non-hydrogen) atoms. The van der Waals surface area contributed by atoms with Gasteiger partial charge in [0, 0.05) is 5.56 Å². The zero-order valence-electron chi connectivity index (χ0n) is 14.8. The predicted molar refractivity (Wildman–Crippen MR) is 99.0 cm³/mol. The van der Waals surface area contributed by atoms with Gasteiger partial charge in [0.05, 0.1) is 0 Å². The lowest BCUT2D eigenvalue weighted by molar-refractivity contribution is 0.104. The van der Waals surface area contributed by atoms with Crippen LogP contribution in [0.3, 0.4) is 0 Å². The molecule has 2 aromatic rings. The molecule has 120 valence electrons. The molecule has 2 aromatic carbocycles. The SMILES string of the molecule is CC(C)c1ccc(/C=C/C(=O)c2ccc(C(C)(C)C)cc2)cc1. The second-order valence-corrected chi connectivity index (χ2v) is 7.35. The van der Waals surface area contributed by atoms with Crippen LogP contribution in [0.2, 0.25) is 0 Å². The minimum absolute atomic E-state index is 0.0402. The molecule has 0 heterocycles. The van der Waals surface area contributed by atoms with Crippen LogP contribution in [0.25, 0.3) is 6.08 Å². The van der Waals surface area contributed by atoms with Crippen molar-refractivity contribution in [3.63, 3.8) is 0 Å². The topological polar surface area (TPSA) is 17.1 Å². The van der Waals surface area contributed by atoms with Gasteiger partial charge in [-0.15, -0.1) is 0 Å². The lowest BCUT2D eigenvalue weighted by atomic mass is 9.86. The van der Waals surface area contributed by atoms with E-state index >= 15 is 0 Å². The van der Waals surface area contributed by atoms with Crippen molar-refractivity contribution in [1.82, 2.24) is 0 Å². The van der Waals surface area contributed by atoms with E-state index in [0.717, 1.165) is 11.1 Å². The van der Waals surface area contributed by atoms with Crippen molar-refractivity contribution in [3.8, 4) is 0 Å². The largest absolute Gasteiger partial charge is 0.289 e. The molecule has 0 N–H and O–H groups in total. The molecule has 1 heteroatoms. The van der Waals surface area contributed by atoms with Crippen LogP contribution in [-0.4, -0.2) is 5.78 Å². The molecule has 0 unspecified atom stereocenters. The maximum absolute atomic E-state index is 12.3. The van der Waals surface area contributed by atoms with Crippen molar-refractivity contribution >= 4 is 11.9 Å². The van der Waals surface area contributed by atoms with E-state index < -0.39 is 0 Å². The van der Waals surface area contributed by atoms with Gasteiger partial charge >= 0.3 is 0 Å². The summed E-state index contributed by atoms with van der Waals surface area (Å²) in [4.78, 5) is 12.3. The maximum Gasteiger partial charge on any atom is 0.185 e.